The molecule has 5 nitrogen and oxygen atoms in total. The third kappa shape index (κ3) is 3.08. The molecule has 0 unspecified atom stereocenters. The van der Waals surface area contributed by atoms with Gasteiger partial charge in [-0.3, -0.25) is 4.31 Å². The van der Waals surface area contributed by atoms with E-state index in [1.165, 1.54) is 24.3 Å². The number of benzene rings is 1. The second-order valence-electron chi connectivity index (χ2n) is 4.37. The summed E-state index contributed by atoms with van der Waals surface area (Å²) in [6, 6.07) is 8.71. The molecule has 0 spiro atoms. The molecule has 0 bridgehead atoms. The van der Waals surface area contributed by atoms with Gasteiger partial charge >= 0.3 is 0 Å². The second-order valence-corrected chi connectivity index (χ2v) is 6.17. The molecule has 114 valence electrons. The van der Waals surface area contributed by atoms with Gasteiger partial charge in [0.2, 0.25) is 5.09 Å². The minimum absolute atomic E-state index is 0.00608. The van der Waals surface area contributed by atoms with Crippen molar-refractivity contribution in [2.24, 2.45) is 0 Å². The number of para-hydroxylation sites is 1. The van der Waals surface area contributed by atoms with Gasteiger partial charge in [0.1, 0.15) is 11.6 Å². The van der Waals surface area contributed by atoms with Crippen LogP contribution in [-0.4, -0.2) is 22.0 Å². The first-order valence-electron chi connectivity index (χ1n) is 6.51. The molecule has 1 N–H and O–H groups in total. The maximum Gasteiger partial charge on any atom is 0.297 e. The highest BCUT2D eigenvalue weighted by atomic mass is 32.2. The molecule has 2 rings (SSSR count). The molecule has 1 aromatic heterocycles. The highest BCUT2D eigenvalue weighted by Crippen LogP contribution is 2.26. The maximum absolute atomic E-state index is 13.9. The molecule has 0 radical (unpaired) electrons. The fourth-order valence-electron chi connectivity index (χ4n) is 2.00. The van der Waals surface area contributed by atoms with Crippen molar-refractivity contribution in [3.8, 4) is 0 Å². The summed E-state index contributed by atoms with van der Waals surface area (Å²) in [5.74, 6) is -0.0920. The number of furan rings is 1. The first-order valence-corrected chi connectivity index (χ1v) is 7.95. The zero-order valence-electron chi connectivity index (χ0n) is 11.8. The van der Waals surface area contributed by atoms with Gasteiger partial charge in [-0.1, -0.05) is 12.1 Å². The van der Waals surface area contributed by atoms with Crippen molar-refractivity contribution in [1.29, 1.82) is 0 Å². The van der Waals surface area contributed by atoms with Crippen LogP contribution in [0, 0.1) is 5.82 Å². The van der Waals surface area contributed by atoms with Crippen LogP contribution in [0.15, 0.2) is 45.9 Å². The van der Waals surface area contributed by atoms with Gasteiger partial charge in [0.25, 0.3) is 10.0 Å². The molecule has 0 saturated heterocycles. The standard InChI is InChI=1S/C14H17FN2O3S/c1-3-17(13-7-5-4-6-12(13)15)21(18,19)14-9-8-11(20-14)10-16-2/h4-9,16H,3,10H2,1-2H3. The minimum Gasteiger partial charge on any atom is -0.446 e. The molecule has 0 aliphatic heterocycles. The van der Waals surface area contributed by atoms with Gasteiger partial charge in [0.15, 0.2) is 0 Å². The smallest absolute Gasteiger partial charge is 0.297 e. The second kappa shape index (κ2) is 6.28. The zero-order valence-corrected chi connectivity index (χ0v) is 12.7. The molecule has 1 heterocycles. The van der Waals surface area contributed by atoms with Gasteiger partial charge in [-0.05, 0) is 38.2 Å². The number of hydrogen-bond acceptors (Lipinski definition) is 4. The molecule has 1 aromatic carbocycles. The van der Waals surface area contributed by atoms with Crippen molar-refractivity contribution in [3.63, 3.8) is 0 Å². The van der Waals surface area contributed by atoms with E-state index in [4.69, 9.17) is 4.42 Å². The predicted octanol–water partition coefficient (Wildman–Crippen LogP) is 2.35. The van der Waals surface area contributed by atoms with Gasteiger partial charge in [-0.25, -0.2) is 4.39 Å². The lowest BCUT2D eigenvalue weighted by Gasteiger charge is -2.21. The van der Waals surface area contributed by atoms with Gasteiger partial charge < -0.3 is 9.73 Å². The summed E-state index contributed by atoms with van der Waals surface area (Å²) in [5.41, 5.74) is 0.00608. The normalized spacial score (nSPS) is 11.6. The molecular weight excluding hydrogens is 295 g/mol. The number of rotatable bonds is 6. The Balaban J connectivity index is 2.42. The van der Waals surface area contributed by atoms with Crippen LogP contribution in [0.5, 0.6) is 0 Å². The topological polar surface area (TPSA) is 62.6 Å². The van der Waals surface area contributed by atoms with E-state index in [0.717, 1.165) is 4.31 Å². The summed E-state index contributed by atoms with van der Waals surface area (Å²) in [6.07, 6.45) is 0. The number of anilines is 1. The Morgan fingerprint density at radius 2 is 1.95 bits per heavy atom. The fourth-order valence-corrected chi connectivity index (χ4v) is 3.41. The van der Waals surface area contributed by atoms with Crippen LogP contribution in [0.25, 0.3) is 0 Å². The van der Waals surface area contributed by atoms with Crippen LogP contribution in [0.3, 0.4) is 0 Å². The summed E-state index contributed by atoms with van der Waals surface area (Å²) in [6.45, 7) is 2.16. The lowest BCUT2D eigenvalue weighted by atomic mass is 10.3. The van der Waals surface area contributed by atoms with E-state index in [9.17, 15) is 12.8 Å². The van der Waals surface area contributed by atoms with E-state index in [0.29, 0.717) is 12.3 Å². The lowest BCUT2D eigenvalue weighted by Crippen LogP contribution is -2.31. The molecular formula is C14H17FN2O3S. The number of hydrogen-bond donors (Lipinski definition) is 1. The monoisotopic (exact) mass is 312 g/mol. The molecule has 0 fully saturated rings. The molecule has 0 amide bonds. The summed E-state index contributed by atoms with van der Waals surface area (Å²) in [4.78, 5) is 0. The van der Waals surface area contributed by atoms with E-state index < -0.39 is 15.8 Å². The quantitative estimate of drug-likeness (QED) is 0.889. The molecule has 2 aromatic rings. The largest absolute Gasteiger partial charge is 0.446 e. The number of halogens is 1. The summed E-state index contributed by atoms with van der Waals surface area (Å²) in [5, 5.41) is 2.67. The van der Waals surface area contributed by atoms with Crippen LogP contribution in [0.2, 0.25) is 0 Å². The Morgan fingerprint density at radius 1 is 1.24 bits per heavy atom. The SMILES string of the molecule is CCN(c1ccccc1F)S(=O)(=O)c1ccc(CNC)o1. The van der Waals surface area contributed by atoms with Crippen molar-refractivity contribution in [2.75, 3.05) is 17.9 Å². The molecule has 7 heteroatoms. The Labute approximate surface area is 123 Å². The fraction of sp³-hybridized carbons (Fsp3) is 0.286. The highest BCUT2D eigenvalue weighted by Gasteiger charge is 2.28. The minimum atomic E-state index is -3.93. The van der Waals surface area contributed by atoms with E-state index >= 15 is 0 Å². The van der Waals surface area contributed by atoms with Gasteiger partial charge in [0, 0.05) is 6.54 Å². The predicted molar refractivity (Wildman–Crippen MR) is 78.1 cm³/mol. The summed E-state index contributed by atoms with van der Waals surface area (Å²) >= 11 is 0. The Morgan fingerprint density at radius 3 is 2.57 bits per heavy atom. The van der Waals surface area contributed by atoms with Crippen LogP contribution >= 0.6 is 0 Å². The van der Waals surface area contributed by atoms with E-state index in [1.807, 2.05) is 0 Å². The molecule has 0 saturated carbocycles. The summed E-state index contributed by atoms with van der Waals surface area (Å²) in [7, 11) is -2.19. The van der Waals surface area contributed by atoms with Crippen molar-refractivity contribution in [1.82, 2.24) is 5.32 Å². The van der Waals surface area contributed by atoms with Crippen LogP contribution in [0.4, 0.5) is 10.1 Å². The van der Waals surface area contributed by atoms with Crippen molar-refractivity contribution >= 4 is 15.7 Å². The third-order valence-electron chi connectivity index (χ3n) is 2.94. The van der Waals surface area contributed by atoms with Crippen molar-refractivity contribution in [3.05, 3.63) is 48.0 Å². The van der Waals surface area contributed by atoms with Gasteiger partial charge in [-0.2, -0.15) is 8.42 Å². The van der Waals surface area contributed by atoms with Crippen molar-refractivity contribution < 1.29 is 17.2 Å². The van der Waals surface area contributed by atoms with Crippen LogP contribution < -0.4 is 9.62 Å². The number of sulfonamides is 1. The van der Waals surface area contributed by atoms with Crippen molar-refractivity contribution in [2.45, 2.75) is 18.6 Å². The third-order valence-corrected chi connectivity index (χ3v) is 4.70. The number of nitrogens with zero attached hydrogens (tertiary/aromatic N) is 1. The molecule has 0 aliphatic rings. The molecule has 0 aliphatic carbocycles. The Bertz CT molecular complexity index is 713. The van der Waals surface area contributed by atoms with Crippen LogP contribution in [-0.2, 0) is 16.6 Å². The van der Waals surface area contributed by atoms with E-state index in [-0.39, 0.29) is 17.3 Å². The molecule has 21 heavy (non-hydrogen) atoms. The first kappa shape index (κ1) is 15.5. The highest BCUT2D eigenvalue weighted by molar-refractivity contribution is 7.92. The zero-order chi connectivity index (χ0) is 15.5. The molecule has 0 atom stereocenters. The van der Waals surface area contributed by atoms with E-state index in [2.05, 4.69) is 5.32 Å². The Kier molecular flexibility index (Phi) is 4.64. The summed E-state index contributed by atoms with van der Waals surface area (Å²) < 4.78 is 45.3. The van der Waals surface area contributed by atoms with Gasteiger partial charge in [0.05, 0.1) is 12.2 Å². The average Bonchev–Trinajstić information content (AvgIpc) is 2.91. The first-order chi connectivity index (χ1) is 10.0. The number of nitrogens with one attached hydrogen (secondary N) is 1. The maximum atomic E-state index is 13.9. The van der Waals surface area contributed by atoms with E-state index in [1.54, 1.807) is 26.1 Å². The van der Waals surface area contributed by atoms with Crippen LogP contribution in [0.1, 0.15) is 12.7 Å². The Hall–Kier alpha value is -1.86. The average molecular weight is 312 g/mol. The lowest BCUT2D eigenvalue weighted by molar-refractivity contribution is 0.406. The van der Waals surface area contributed by atoms with Gasteiger partial charge in [-0.15, -0.1) is 0 Å².